The Labute approximate surface area is 491 Å². The van der Waals surface area contributed by atoms with Crippen LogP contribution in [0.4, 0.5) is 0 Å². The number of rotatable bonds is 56. The zero-order valence-electron chi connectivity index (χ0n) is 51.5. The first kappa shape index (κ1) is 75.9. The van der Waals surface area contributed by atoms with Gasteiger partial charge in [0.25, 0.3) is 0 Å². The monoisotopic (exact) mass is 1130 g/mol. The van der Waals surface area contributed by atoms with Crippen molar-refractivity contribution in [2.24, 2.45) is 0 Å². The van der Waals surface area contributed by atoms with Gasteiger partial charge in [0, 0.05) is 12.8 Å². The molecule has 0 rings (SSSR count). The summed E-state index contributed by atoms with van der Waals surface area (Å²) in [5.74, 6) is -0.829. The topological polar surface area (TPSA) is 108 Å². The van der Waals surface area contributed by atoms with Crippen molar-refractivity contribution in [2.45, 2.75) is 238 Å². The van der Waals surface area contributed by atoms with Crippen LogP contribution in [0, 0.1) is 0 Å². The summed E-state index contributed by atoms with van der Waals surface area (Å²) in [7, 11) is 1.44. The molecule has 0 aliphatic heterocycles. The van der Waals surface area contributed by atoms with Crippen molar-refractivity contribution in [1.82, 2.24) is 0 Å². The number of hydrogen-bond acceptors (Lipinski definition) is 7. The molecule has 0 aliphatic rings. The predicted octanol–water partition coefficient (Wildman–Crippen LogP) is 20.3. The van der Waals surface area contributed by atoms with E-state index >= 15 is 0 Å². The van der Waals surface area contributed by atoms with Gasteiger partial charge in [-0.05, 0) is 116 Å². The van der Waals surface area contributed by atoms with Gasteiger partial charge in [0.1, 0.15) is 19.8 Å². The van der Waals surface area contributed by atoms with Gasteiger partial charge in [-0.1, -0.05) is 250 Å². The van der Waals surface area contributed by atoms with Crippen molar-refractivity contribution in [3.63, 3.8) is 0 Å². The summed E-state index contributed by atoms with van der Waals surface area (Å²) in [6, 6.07) is 0. The van der Waals surface area contributed by atoms with E-state index in [1.165, 1.54) is 70.6 Å². The first-order chi connectivity index (χ1) is 39.0. The largest absolute Gasteiger partial charge is 0.472 e. The lowest BCUT2D eigenvalue weighted by Gasteiger charge is -2.24. The van der Waals surface area contributed by atoms with E-state index in [0.717, 1.165) is 128 Å². The molecule has 0 heterocycles. The van der Waals surface area contributed by atoms with Crippen LogP contribution in [-0.2, 0) is 32.7 Å². The van der Waals surface area contributed by atoms with Crippen LogP contribution in [0.5, 0.6) is 0 Å². The summed E-state index contributed by atoms with van der Waals surface area (Å²) < 4.78 is 34.6. The second-order valence-corrected chi connectivity index (χ2v) is 23.1. The number of quaternary nitrogens is 1. The second kappa shape index (κ2) is 59.5. The van der Waals surface area contributed by atoms with Crippen LogP contribution < -0.4 is 0 Å². The number of esters is 2. The molecular formula is C70H117NO8P+. The first-order valence-electron chi connectivity index (χ1n) is 31.6. The summed E-state index contributed by atoms with van der Waals surface area (Å²) in [6.07, 6.45) is 87.8. The molecule has 0 saturated carbocycles. The first-order valence-corrected chi connectivity index (χ1v) is 33.1. The van der Waals surface area contributed by atoms with Gasteiger partial charge in [-0.2, -0.15) is 0 Å². The van der Waals surface area contributed by atoms with Crippen molar-refractivity contribution in [3.8, 4) is 0 Å². The van der Waals surface area contributed by atoms with Crippen molar-refractivity contribution in [3.05, 3.63) is 146 Å². The number of nitrogens with zero attached hydrogens (tertiary/aromatic N) is 1. The molecule has 0 fully saturated rings. The Morgan fingerprint density at radius 1 is 0.388 bits per heavy atom. The Morgan fingerprint density at radius 3 is 1.00 bits per heavy atom. The summed E-state index contributed by atoms with van der Waals surface area (Å²) >= 11 is 0. The van der Waals surface area contributed by atoms with Gasteiger partial charge >= 0.3 is 19.8 Å². The third-order valence-electron chi connectivity index (χ3n) is 12.9. The third kappa shape index (κ3) is 63.1. The summed E-state index contributed by atoms with van der Waals surface area (Å²) in [5.41, 5.74) is 0. The molecule has 0 aromatic rings. The minimum atomic E-state index is -4.41. The lowest BCUT2D eigenvalue weighted by Crippen LogP contribution is -2.37. The molecule has 0 spiro atoms. The van der Waals surface area contributed by atoms with E-state index in [2.05, 4.69) is 160 Å². The van der Waals surface area contributed by atoms with Crippen LogP contribution >= 0.6 is 7.82 Å². The van der Waals surface area contributed by atoms with E-state index in [9.17, 15) is 19.0 Å². The smallest absolute Gasteiger partial charge is 0.462 e. The highest BCUT2D eigenvalue weighted by atomic mass is 31.2. The molecule has 0 bridgehead atoms. The lowest BCUT2D eigenvalue weighted by molar-refractivity contribution is -0.870. The fourth-order valence-electron chi connectivity index (χ4n) is 8.08. The predicted molar refractivity (Wildman–Crippen MR) is 343 cm³/mol. The SMILES string of the molecule is CC/C=C\C/C=C\C/C=C\C/C=C\C/C=C\C/C=C\C/C=C\CCCCCCCC(=O)OC(COC(=O)CCCCCCCCCCCCCCC/C=C\C/C=C\C/C=C\C/C=C\C/C=C\CC)COP(=O)(O)OCC[N+](C)(C)C. The lowest BCUT2D eigenvalue weighted by atomic mass is 10.0. The van der Waals surface area contributed by atoms with Crippen molar-refractivity contribution < 1.29 is 42.1 Å². The summed E-state index contributed by atoms with van der Waals surface area (Å²) in [5, 5.41) is 0. The van der Waals surface area contributed by atoms with Crippen molar-refractivity contribution in [1.29, 1.82) is 0 Å². The number of phosphoric ester groups is 1. The maximum atomic E-state index is 12.8. The van der Waals surface area contributed by atoms with E-state index in [4.69, 9.17) is 18.5 Å². The van der Waals surface area contributed by atoms with Gasteiger partial charge < -0.3 is 18.9 Å². The van der Waals surface area contributed by atoms with Crippen LogP contribution in [0.25, 0.3) is 0 Å². The minimum Gasteiger partial charge on any atom is -0.462 e. The standard InChI is InChI=1S/C70H116NO8P/c1-6-8-10-12-14-16-18-20-22-24-26-28-30-32-34-35-37-38-40-42-44-46-48-50-52-54-56-58-60-62-69(72)76-66-68(67-78-80(74,75)77-65-64-71(3,4)5)79-70(73)63-61-59-57-55-53-51-49-47-45-43-41-39-36-33-31-29-27-25-23-21-19-17-15-13-11-9-7-2/h8-11,14-17,20-23,26-29,32-34,36,41,43,47,49,68H,6-7,12-13,18-19,24-25,30-31,35,37-40,42,44-46,48,50-67H2,1-5H3/p+1/b10-8-,11-9-,16-14-,17-15-,22-20-,23-21-,28-26-,29-27-,34-32-,36-33-,43-41-,49-47-. The fraction of sp³-hybridized carbons (Fsp3) is 0.629. The molecule has 2 unspecified atom stereocenters. The van der Waals surface area contributed by atoms with Crippen molar-refractivity contribution >= 4 is 19.8 Å². The van der Waals surface area contributed by atoms with Gasteiger partial charge in [-0.15, -0.1) is 0 Å². The van der Waals surface area contributed by atoms with Gasteiger partial charge in [0.2, 0.25) is 0 Å². The normalized spacial score (nSPS) is 14.2. The van der Waals surface area contributed by atoms with E-state index in [-0.39, 0.29) is 32.0 Å². The van der Waals surface area contributed by atoms with Crippen LogP contribution in [0.15, 0.2) is 146 Å². The maximum Gasteiger partial charge on any atom is 0.472 e. The van der Waals surface area contributed by atoms with Crippen molar-refractivity contribution in [2.75, 3.05) is 47.5 Å². The number of hydrogen-bond donors (Lipinski definition) is 1. The summed E-state index contributed by atoms with van der Waals surface area (Å²) in [4.78, 5) is 35.8. The number of phosphoric acid groups is 1. The fourth-order valence-corrected chi connectivity index (χ4v) is 8.82. The molecule has 0 amide bonds. The van der Waals surface area contributed by atoms with Crippen LogP contribution in [-0.4, -0.2) is 74.9 Å². The van der Waals surface area contributed by atoms with E-state index in [1.54, 1.807) is 0 Å². The Balaban J connectivity index is 4.20. The van der Waals surface area contributed by atoms with E-state index in [0.29, 0.717) is 17.4 Å². The van der Waals surface area contributed by atoms with Crippen LogP contribution in [0.3, 0.4) is 0 Å². The summed E-state index contributed by atoms with van der Waals surface area (Å²) in [6.45, 7) is 4.17. The molecule has 454 valence electrons. The molecule has 0 saturated heterocycles. The Morgan fingerprint density at radius 2 is 0.675 bits per heavy atom. The molecule has 0 aromatic heterocycles. The van der Waals surface area contributed by atoms with E-state index in [1.807, 2.05) is 21.1 Å². The zero-order valence-corrected chi connectivity index (χ0v) is 52.4. The highest BCUT2D eigenvalue weighted by Gasteiger charge is 2.27. The third-order valence-corrected chi connectivity index (χ3v) is 13.8. The molecule has 0 radical (unpaired) electrons. The zero-order chi connectivity index (χ0) is 58.4. The second-order valence-electron chi connectivity index (χ2n) is 21.7. The molecular weight excluding hydrogens is 1010 g/mol. The molecule has 0 aromatic carbocycles. The van der Waals surface area contributed by atoms with Crippen LogP contribution in [0.1, 0.15) is 232 Å². The number of ether oxygens (including phenoxy) is 2. The molecule has 80 heavy (non-hydrogen) atoms. The van der Waals surface area contributed by atoms with Gasteiger partial charge in [0.05, 0.1) is 27.7 Å². The average molecular weight is 1130 g/mol. The molecule has 10 heteroatoms. The molecule has 9 nitrogen and oxygen atoms in total. The van der Waals surface area contributed by atoms with Gasteiger partial charge in [0.15, 0.2) is 6.10 Å². The maximum absolute atomic E-state index is 12.8. The number of unbranched alkanes of at least 4 members (excludes halogenated alkanes) is 18. The quantitative estimate of drug-likeness (QED) is 0.0211. The van der Waals surface area contributed by atoms with E-state index < -0.39 is 26.5 Å². The molecule has 0 aliphatic carbocycles. The number of carbonyl (C=O) groups excluding carboxylic acids is 2. The number of allylic oxidation sites excluding steroid dienone is 24. The molecule has 2 atom stereocenters. The average Bonchev–Trinajstić information content (AvgIpc) is 3.42. The Bertz CT molecular complexity index is 1860. The number of likely N-dealkylation sites (N-methyl/N-ethyl adjacent to an activating group) is 1. The molecule has 1 N–H and O–H groups in total. The highest BCUT2D eigenvalue weighted by Crippen LogP contribution is 2.43. The van der Waals surface area contributed by atoms with Gasteiger partial charge in [-0.3, -0.25) is 18.6 Å². The Hall–Kier alpha value is -4.11. The van der Waals surface area contributed by atoms with Gasteiger partial charge in [-0.25, -0.2) is 4.57 Å². The Kier molecular flexibility index (Phi) is 56.5. The highest BCUT2D eigenvalue weighted by molar-refractivity contribution is 7.47. The van der Waals surface area contributed by atoms with Crippen LogP contribution in [0.2, 0.25) is 0 Å². The minimum absolute atomic E-state index is 0.0195. The number of carbonyl (C=O) groups is 2.